The summed E-state index contributed by atoms with van der Waals surface area (Å²) in [5, 5.41) is 12.4. The predicted molar refractivity (Wildman–Crippen MR) is 101 cm³/mol. The lowest BCUT2D eigenvalue weighted by Gasteiger charge is -2.42. The topological polar surface area (TPSA) is 72.9 Å². The number of likely N-dealkylation sites (N-methyl/N-ethyl adjacent to an activating group) is 1. The lowest BCUT2D eigenvalue weighted by atomic mass is 9.69. The maximum Gasteiger partial charge on any atom is 0.317 e. The van der Waals surface area contributed by atoms with Gasteiger partial charge in [-0.15, -0.1) is 0 Å². The second-order valence-electron chi connectivity index (χ2n) is 8.70. The molecule has 148 valence electrons. The number of aliphatic carboxylic acids is 1. The molecule has 2 aliphatic carbocycles. The molecular weight excluding hydrogens is 330 g/mol. The quantitative estimate of drug-likeness (QED) is 0.803. The van der Waals surface area contributed by atoms with Crippen molar-refractivity contribution < 1.29 is 14.7 Å². The van der Waals surface area contributed by atoms with Gasteiger partial charge in [-0.2, -0.15) is 0 Å². The molecule has 2 unspecified atom stereocenters. The van der Waals surface area contributed by atoms with Gasteiger partial charge in [0.25, 0.3) is 0 Å². The van der Waals surface area contributed by atoms with Crippen LogP contribution in [0.3, 0.4) is 0 Å². The number of hydrogen-bond donors (Lipinski definition) is 2. The first-order valence-corrected chi connectivity index (χ1v) is 10.5. The molecule has 2 saturated carbocycles. The van der Waals surface area contributed by atoms with Crippen molar-refractivity contribution in [2.45, 2.75) is 82.7 Å². The van der Waals surface area contributed by atoms with Crippen LogP contribution in [0, 0.1) is 5.41 Å². The number of carboxylic acids is 1. The second-order valence-corrected chi connectivity index (χ2v) is 8.70. The number of rotatable bonds is 4. The van der Waals surface area contributed by atoms with E-state index in [0.717, 1.165) is 38.8 Å². The highest BCUT2D eigenvalue weighted by Crippen LogP contribution is 2.49. The number of carbonyl (C=O) groups excluding carboxylic acids is 1. The lowest BCUT2D eigenvalue weighted by Crippen LogP contribution is -2.52. The van der Waals surface area contributed by atoms with Crippen LogP contribution in [0.15, 0.2) is 0 Å². The Morgan fingerprint density at radius 2 is 1.73 bits per heavy atom. The minimum absolute atomic E-state index is 0.0709. The molecule has 0 radical (unpaired) electrons. The van der Waals surface area contributed by atoms with Gasteiger partial charge in [-0.1, -0.05) is 25.7 Å². The van der Waals surface area contributed by atoms with Gasteiger partial charge in [0.1, 0.15) is 0 Å². The fourth-order valence-electron chi connectivity index (χ4n) is 5.51. The number of carbonyl (C=O) groups is 2. The van der Waals surface area contributed by atoms with Crippen LogP contribution in [-0.2, 0) is 4.79 Å². The molecule has 1 saturated heterocycles. The molecule has 0 aromatic heterocycles. The first kappa shape index (κ1) is 19.5. The summed E-state index contributed by atoms with van der Waals surface area (Å²) in [6, 6.07) is 0.699. The van der Waals surface area contributed by atoms with Crippen LogP contribution in [0.2, 0.25) is 0 Å². The van der Waals surface area contributed by atoms with Gasteiger partial charge < -0.3 is 15.3 Å². The Hall–Kier alpha value is -1.30. The third-order valence-corrected chi connectivity index (χ3v) is 7.05. The number of nitrogens with one attached hydrogen (secondary N) is 1. The van der Waals surface area contributed by atoms with Gasteiger partial charge in [-0.05, 0) is 57.4 Å². The van der Waals surface area contributed by atoms with Gasteiger partial charge in [0.2, 0.25) is 0 Å². The average molecular weight is 366 g/mol. The number of likely N-dealkylation sites (tertiary alicyclic amines) is 1. The lowest BCUT2D eigenvalue weighted by molar-refractivity contribution is -0.138. The average Bonchev–Trinajstić information content (AvgIpc) is 2.91. The Labute approximate surface area is 157 Å². The van der Waals surface area contributed by atoms with E-state index in [1.54, 1.807) is 0 Å². The number of urea groups is 1. The maximum absolute atomic E-state index is 12.9. The van der Waals surface area contributed by atoms with Crippen molar-refractivity contribution in [3.05, 3.63) is 0 Å². The molecule has 0 aromatic rings. The van der Waals surface area contributed by atoms with Crippen molar-refractivity contribution in [1.82, 2.24) is 15.1 Å². The summed E-state index contributed by atoms with van der Waals surface area (Å²) in [5.41, 5.74) is 0.365. The van der Waals surface area contributed by atoms with Crippen molar-refractivity contribution in [1.29, 1.82) is 0 Å². The minimum Gasteiger partial charge on any atom is -0.480 e. The molecule has 3 aliphatic rings. The highest BCUT2D eigenvalue weighted by Gasteiger charge is 2.43. The Balaban J connectivity index is 1.54. The number of hydrogen-bond acceptors (Lipinski definition) is 3. The molecule has 2 amide bonds. The predicted octanol–water partition coefficient (Wildman–Crippen LogP) is 3.07. The van der Waals surface area contributed by atoms with Crippen LogP contribution in [0.5, 0.6) is 0 Å². The summed E-state index contributed by atoms with van der Waals surface area (Å²) in [7, 11) is 1.88. The fraction of sp³-hybridized carbons (Fsp3) is 0.900. The summed E-state index contributed by atoms with van der Waals surface area (Å²) in [4.78, 5) is 27.7. The molecule has 1 spiro atoms. The zero-order valence-corrected chi connectivity index (χ0v) is 16.2. The standard InChI is InChI=1S/C20H35N3O3/c1-22(15-18(24)25)16-7-6-13-23(14-9-16)19(26)21-17-8-2-3-10-20(17)11-4-5-12-20/h16-17H,2-15H2,1H3,(H,21,26)(H,24,25). The van der Waals surface area contributed by atoms with E-state index < -0.39 is 5.97 Å². The van der Waals surface area contributed by atoms with E-state index in [2.05, 4.69) is 5.32 Å². The molecule has 3 fully saturated rings. The highest BCUT2D eigenvalue weighted by atomic mass is 16.4. The molecule has 0 aromatic carbocycles. The zero-order chi connectivity index (χ0) is 18.6. The third-order valence-electron chi connectivity index (χ3n) is 7.05. The van der Waals surface area contributed by atoms with Gasteiger partial charge in [0, 0.05) is 25.2 Å². The Bertz CT molecular complexity index is 505. The van der Waals surface area contributed by atoms with Gasteiger partial charge in [-0.25, -0.2) is 4.79 Å². The molecule has 1 heterocycles. The van der Waals surface area contributed by atoms with E-state index in [1.165, 1.54) is 44.9 Å². The second kappa shape index (κ2) is 8.59. The summed E-state index contributed by atoms with van der Waals surface area (Å²) >= 11 is 0. The molecular formula is C20H35N3O3. The number of nitrogens with zero attached hydrogens (tertiary/aromatic N) is 2. The van der Waals surface area contributed by atoms with Crippen LogP contribution in [0.25, 0.3) is 0 Å². The van der Waals surface area contributed by atoms with Crippen LogP contribution in [0.1, 0.15) is 70.6 Å². The van der Waals surface area contributed by atoms with Crippen LogP contribution < -0.4 is 5.32 Å². The van der Waals surface area contributed by atoms with E-state index in [1.807, 2.05) is 16.8 Å². The SMILES string of the molecule is CN(CC(=O)O)C1CCCN(C(=O)NC2CCCCC23CCCC3)CC1. The van der Waals surface area contributed by atoms with Crippen LogP contribution in [0.4, 0.5) is 4.79 Å². The third kappa shape index (κ3) is 4.51. The van der Waals surface area contributed by atoms with E-state index in [9.17, 15) is 9.59 Å². The first-order valence-electron chi connectivity index (χ1n) is 10.5. The minimum atomic E-state index is -0.787. The van der Waals surface area contributed by atoms with Crippen LogP contribution >= 0.6 is 0 Å². The molecule has 2 atom stereocenters. The maximum atomic E-state index is 12.9. The van der Waals surface area contributed by atoms with Gasteiger partial charge in [0.15, 0.2) is 0 Å². The number of amides is 2. The van der Waals surface area contributed by atoms with E-state index in [-0.39, 0.29) is 18.6 Å². The van der Waals surface area contributed by atoms with Crippen molar-refractivity contribution in [2.75, 3.05) is 26.7 Å². The largest absolute Gasteiger partial charge is 0.480 e. The van der Waals surface area contributed by atoms with Gasteiger partial charge >= 0.3 is 12.0 Å². The normalized spacial score (nSPS) is 28.9. The van der Waals surface area contributed by atoms with Crippen molar-refractivity contribution >= 4 is 12.0 Å². The molecule has 26 heavy (non-hydrogen) atoms. The summed E-state index contributed by atoms with van der Waals surface area (Å²) in [5.74, 6) is -0.787. The van der Waals surface area contributed by atoms with Gasteiger partial charge in [-0.3, -0.25) is 9.69 Å². The van der Waals surface area contributed by atoms with Crippen molar-refractivity contribution in [2.24, 2.45) is 5.41 Å². The fourth-order valence-corrected chi connectivity index (χ4v) is 5.51. The Morgan fingerprint density at radius 1 is 1.04 bits per heavy atom. The molecule has 1 aliphatic heterocycles. The molecule has 6 nitrogen and oxygen atoms in total. The smallest absolute Gasteiger partial charge is 0.317 e. The van der Waals surface area contributed by atoms with Gasteiger partial charge in [0.05, 0.1) is 6.54 Å². The van der Waals surface area contributed by atoms with E-state index in [0.29, 0.717) is 11.5 Å². The number of carboxylic acid groups (broad SMARTS) is 1. The Kier molecular flexibility index (Phi) is 6.43. The summed E-state index contributed by atoms with van der Waals surface area (Å²) in [6.45, 7) is 1.57. The molecule has 3 rings (SSSR count). The van der Waals surface area contributed by atoms with Crippen LogP contribution in [-0.4, -0.2) is 65.7 Å². The van der Waals surface area contributed by atoms with E-state index in [4.69, 9.17) is 5.11 Å². The monoisotopic (exact) mass is 365 g/mol. The van der Waals surface area contributed by atoms with Crippen molar-refractivity contribution in [3.63, 3.8) is 0 Å². The summed E-state index contributed by atoms with van der Waals surface area (Å²) in [6.07, 6.45) is 12.9. The Morgan fingerprint density at radius 3 is 2.42 bits per heavy atom. The molecule has 6 heteroatoms. The molecule has 2 N–H and O–H groups in total. The van der Waals surface area contributed by atoms with Crippen molar-refractivity contribution in [3.8, 4) is 0 Å². The molecule has 0 bridgehead atoms. The van der Waals surface area contributed by atoms with E-state index >= 15 is 0 Å². The summed E-state index contributed by atoms with van der Waals surface area (Å²) < 4.78 is 0. The zero-order valence-electron chi connectivity index (χ0n) is 16.2. The first-order chi connectivity index (χ1) is 12.5. The highest BCUT2D eigenvalue weighted by molar-refractivity contribution is 5.74.